The number of amides is 1. The topological polar surface area (TPSA) is 76.1 Å². The van der Waals surface area contributed by atoms with Gasteiger partial charge in [0.1, 0.15) is 4.32 Å². The highest BCUT2D eigenvalue weighted by molar-refractivity contribution is 8.26. The maximum absolute atomic E-state index is 13.2. The summed E-state index contributed by atoms with van der Waals surface area (Å²) in [5.74, 6) is -0.370. The van der Waals surface area contributed by atoms with Gasteiger partial charge in [-0.15, -0.1) is 11.3 Å². The molecule has 1 aliphatic heterocycles. The van der Waals surface area contributed by atoms with Crippen LogP contribution in [0.25, 0.3) is 17.2 Å². The lowest BCUT2D eigenvalue weighted by molar-refractivity contribution is -0.138. The highest BCUT2D eigenvalue weighted by atomic mass is 35.5. The summed E-state index contributed by atoms with van der Waals surface area (Å²) in [7, 11) is 1.48. The third kappa shape index (κ3) is 7.17. The number of methoxy groups -OCH3 is 1. The minimum atomic E-state index is -4.49. The van der Waals surface area contributed by atoms with Crippen LogP contribution in [-0.2, 0) is 22.2 Å². The number of aliphatic carboxylic acids is 1. The fraction of sp³-hybridized carbons (Fsp3) is 0.222. The third-order valence-corrected chi connectivity index (χ3v) is 8.33. The number of thiocarbonyl (C=S) groups is 1. The second-order valence-electron chi connectivity index (χ2n) is 8.52. The summed E-state index contributed by atoms with van der Waals surface area (Å²) in [5.41, 5.74) is 0.543. The van der Waals surface area contributed by atoms with Crippen molar-refractivity contribution in [3.05, 3.63) is 73.8 Å². The Hall–Kier alpha value is -3.06. The molecule has 1 fully saturated rings. The average Bonchev–Trinajstić information content (AvgIpc) is 3.45. The van der Waals surface area contributed by atoms with Gasteiger partial charge in [0.05, 0.1) is 30.6 Å². The van der Waals surface area contributed by atoms with Gasteiger partial charge in [-0.3, -0.25) is 14.5 Å². The number of carboxylic acids is 1. The molecule has 40 heavy (non-hydrogen) atoms. The van der Waals surface area contributed by atoms with E-state index in [1.165, 1.54) is 29.4 Å². The van der Waals surface area contributed by atoms with E-state index in [0.717, 1.165) is 23.9 Å². The molecular formula is C27H21ClF3NO5S3. The van der Waals surface area contributed by atoms with Crippen LogP contribution in [0.5, 0.6) is 11.5 Å². The Morgan fingerprint density at radius 2 is 1.95 bits per heavy atom. The van der Waals surface area contributed by atoms with Crippen molar-refractivity contribution in [3.63, 3.8) is 0 Å². The van der Waals surface area contributed by atoms with Crippen molar-refractivity contribution >= 4 is 69.2 Å². The van der Waals surface area contributed by atoms with Gasteiger partial charge in [-0.05, 0) is 65.4 Å². The molecule has 0 unspecified atom stereocenters. The lowest BCUT2D eigenvalue weighted by Gasteiger charge is -2.16. The molecule has 0 bridgehead atoms. The molecule has 1 aliphatic rings. The number of nitrogens with zero attached hydrogens (tertiary/aromatic N) is 1. The van der Waals surface area contributed by atoms with Gasteiger partial charge >= 0.3 is 12.1 Å². The molecule has 1 aromatic heterocycles. The normalized spacial score (nSPS) is 14.7. The van der Waals surface area contributed by atoms with Gasteiger partial charge in [0.25, 0.3) is 5.91 Å². The van der Waals surface area contributed by atoms with E-state index in [4.69, 9.17) is 38.4 Å². The van der Waals surface area contributed by atoms with Crippen LogP contribution in [0.4, 0.5) is 13.2 Å². The minimum absolute atomic E-state index is 0.151. The van der Waals surface area contributed by atoms with E-state index in [0.29, 0.717) is 49.7 Å². The van der Waals surface area contributed by atoms with Crippen LogP contribution >= 0.6 is 46.9 Å². The number of benzene rings is 2. The van der Waals surface area contributed by atoms with Crippen molar-refractivity contribution in [2.45, 2.75) is 19.0 Å². The quantitative estimate of drug-likeness (QED) is 0.143. The third-order valence-electron chi connectivity index (χ3n) is 5.74. The fourth-order valence-electron chi connectivity index (χ4n) is 3.84. The van der Waals surface area contributed by atoms with Gasteiger partial charge in [0.15, 0.2) is 11.5 Å². The summed E-state index contributed by atoms with van der Waals surface area (Å²) >= 11 is 14.0. The lowest BCUT2D eigenvalue weighted by atomic mass is 10.1. The molecule has 0 saturated carbocycles. The number of carbonyl (C=O) groups is 2. The molecule has 2 heterocycles. The van der Waals surface area contributed by atoms with E-state index in [2.05, 4.69) is 0 Å². The first-order valence-corrected chi connectivity index (χ1v) is 14.2. The molecular weight excluding hydrogens is 607 g/mol. The fourth-order valence-corrected chi connectivity index (χ4v) is 6.28. The summed E-state index contributed by atoms with van der Waals surface area (Å²) < 4.78 is 50.9. The van der Waals surface area contributed by atoms with Gasteiger partial charge < -0.3 is 14.6 Å². The summed E-state index contributed by atoms with van der Waals surface area (Å²) in [6.45, 7) is 0.531. The van der Waals surface area contributed by atoms with Crippen molar-refractivity contribution in [1.82, 2.24) is 4.90 Å². The average molecular weight is 628 g/mol. The molecule has 0 aliphatic carbocycles. The van der Waals surface area contributed by atoms with E-state index in [9.17, 15) is 22.8 Å². The minimum Gasteiger partial charge on any atom is -0.493 e. The van der Waals surface area contributed by atoms with Crippen LogP contribution in [0.15, 0.2) is 52.7 Å². The number of thioether (sulfide) groups is 1. The first-order valence-electron chi connectivity index (χ1n) is 11.7. The summed E-state index contributed by atoms with van der Waals surface area (Å²) in [6, 6.07) is 9.73. The zero-order chi connectivity index (χ0) is 29.0. The van der Waals surface area contributed by atoms with Crippen LogP contribution in [0.1, 0.15) is 22.4 Å². The number of hydrogen-bond donors (Lipinski definition) is 1. The van der Waals surface area contributed by atoms with Crippen molar-refractivity contribution in [1.29, 1.82) is 0 Å². The van der Waals surface area contributed by atoms with Gasteiger partial charge in [-0.25, -0.2) is 0 Å². The van der Waals surface area contributed by atoms with Crippen LogP contribution in [0.3, 0.4) is 0 Å². The second kappa shape index (κ2) is 12.6. The maximum atomic E-state index is 13.2. The van der Waals surface area contributed by atoms with Gasteiger partial charge in [-0.2, -0.15) is 13.2 Å². The van der Waals surface area contributed by atoms with Crippen molar-refractivity contribution in [2.24, 2.45) is 0 Å². The van der Waals surface area contributed by atoms with Crippen molar-refractivity contribution in [2.75, 3.05) is 20.3 Å². The van der Waals surface area contributed by atoms with E-state index in [1.807, 2.05) is 0 Å². The largest absolute Gasteiger partial charge is 0.493 e. The van der Waals surface area contributed by atoms with E-state index in [1.54, 1.807) is 35.7 Å². The first-order chi connectivity index (χ1) is 19.0. The molecule has 0 radical (unpaired) electrons. The van der Waals surface area contributed by atoms with Crippen molar-refractivity contribution < 1.29 is 37.3 Å². The van der Waals surface area contributed by atoms with Crippen molar-refractivity contribution in [3.8, 4) is 22.6 Å². The molecule has 210 valence electrons. The number of ether oxygens (including phenoxy) is 2. The highest BCUT2D eigenvalue weighted by Gasteiger charge is 2.32. The molecule has 1 saturated heterocycles. The predicted molar refractivity (Wildman–Crippen MR) is 154 cm³/mol. The van der Waals surface area contributed by atoms with Gasteiger partial charge in [0, 0.05) is 22.0 Å². The first kappa shape index (κ1) is 29.9. The molecule has 2 aromatic carbocycles. The molecule has 6 nitrogen and oxygen atoms in total. The molecule has 4 rings (SSSR count). The van der Waals surface area contributed by atoms with Crippen LogP contribution < -0.4 is 9.47 Å². The molecule has 0 atom stereocenters. The van der Waals surface area contributed by atoms with Crippen LogP contribution in [-0.4, -0.2) is 46.5 Å². The number of rotatable bonds is 10. The Bertz CT molecular complexity index is 1490. The molecule has 13 heteroatoms. The number of halogens is 4. The van der Waals surface area contributed by atoms with E-state index in [-0.39, 0.29) is 29.5 Å². The standard InChI is InChI=1S/C27H21ClF3NO5S3/c1-36-21-6-3-15(10-24(33)34)9-22(21)37-8-2-7-32-25(35)23(40-26(32)38)13-18-11-16(14-39-18)19-12-17(27(29,30)31)4-5-20(19)28/h3-6,9,11-14H,2,7-8,10H2,1H3,(H,33,34). The number of thiophene rings is 1. The summed E-state index contributed by atoms with van der Waals surface area (Å²) in [4.78, 5) is 26.5. The summed E-state index contributed by atoms with van der Waals surface area (Å²) in [5, 5.41) is 10.9. The zero-order valence-electron chi connectivity index (χ0n) is 20.8. The second-order valence-corrected chi connectivity index (χ2v) is 11.5. The molecule has 3 aromatic rings. The Morgan fingerprint density at radius 3 is 2.65 bits per heavy atom. The monoisotopic (exact) mass is 627 g/mol. The van der Waals surface area contributed by atoms with E-state index >= 15 is 0 Å². The number of carbonyl (C=O) groups excluding carboxylic acids is 1. The van der Waals surface area contributed by atoms with Crippen LogP contribution in [0, 0.1) is 0 Å². The maximum Gasteiger partial charge on any atom is 0.416 e. The Kier molecular flexibility index (Phi) is 9.44. The zero-order valence-corrected chi connectivity index (χ0v) is 24.0. The number of carboxylic acid groups (broad SMARTS) is 1. The van der Waals surface area contributed by atoms with Gasteiger partial charge in [-0.1, -0.05) is 41.6 Å². The molecule has 1 amide bonds. The lowest BCUT2D eigenvalue weighted by Crippen LogP contribution is -2.29. The number of alkyl halides is 3. The van der Waals surface area contributed by atoms with Crippen LogP contribution in [0.2, 0.25) is 5.02 Å². The van der Waals surface area contributed by atoms with E-state index < -0.39 is 17.7 Å². The highest BCUT2D eigenvalue weighted by Crippen LogP contribution is 2.39. The summed E-state index contributed by atoms with van der Waals surface area (Å²) in [6.07, 6.45) is -2.54. The Balaban J connectivity index is 1.39. The predicted octanol–water partition coefficient (Wildman–Crippen LogP) is 7.39. The Morgan fingerprint density at radius 1 is 1.18 bits per heavy atom. The smallest absolute Gasteiger partial charge is 0.416 e. The number of hydrogen-bond acceptors (Lipinski definition) is 7. The van der Waals surface area contributed by atoms with Gasteiger partial charge in [0.2, 0.25) is 0 Å². The Labute approximate surface area is 246 Å². The molecule has 0 spiro atoms. The molecule has 1 N–H and O–H groups in total. The SMILES string of the molecule is COc1ccc(CC(=O)O)cc1OCCCN1C(=O)C(=Cc2cc(-c3cc(C(F)(F)F)ccc3Cl)cs2)SC1=S.